The smallest absolute Gasteiger partial charge is 0.225 e. The summed E-state index contributed by atoms with van der Waals surface area (Å²) in [6, 6.07) is 5.93. The maximum Gasteiger partial charge on any atom is 0.225 e. The maximum absolute atomic E-state index is 12.6. The van der Waals surface area contributed by atoms with Crippen LogP contribution in [0.2, 0.25) is 0 Å². The van der Waals surface area contributed by atoms with Crippen LogP contribution in [0.15, 0.2) is 18.2 Å². The van der Waals surface area contributed by atoms with E-state index >= 15 is 0 Å². The zero-order valence-corrected chi connectivity index (χ0v) is 14.6. The van der Waals surface area contributed by atoms with E-state index in [4.69, 9.17) is 14.2 Å². The lowest BCUT2D eigenvalue weighted by Gasteiger charge is -2.35. The zero-order chi connectivity index (χ0) is 16.9. The van der Waals surface area contributed by atoms with Crippen molar-refractivity contribution in [2.45, 2.75) is 38.7 Å². The highest BCUT2D eigenvalue weighted by molar-refractivity contribution is 5.79. The van der Waals surface area contributed by atoms with Crippen LogP contribution in [0.1, 0.15) is 31.2 Å². The summed E-state index contributed by atoms with van der Waals surface area (Å²) in [6.07, 6.45) is 3.64. The zero-order valence-electron chi connectivity index (χ0n) is 14.6. The Labute approximate surface area is 143 Å². The third kappa shape index (κ3) is 4.01. The summed E-state index contributed by atoms with van der Waals surface area (Å²) < 4.78 is 16.8. The molecule has 2 fully saturated rings. The number of likely N-dealkylation sites (tertiary alicyclic amines) is 1. The number of aryl methyl sites for hydroxylation is 1. The van der Waals surface area contributed by atoms with E-state index in [1.54, 1.807) is 7.11 Å². The van der Waals surface area contributed by atoms with Crippen LogP contribution in [0, 0.1) is 12.8 Å². The number of ether oxygens (including phenoxy) is 3. The minimum Gasteiger partial charge on any atom is -0.496 e. The number of benzene rings is 1. The van der Waals surface area contributed by atoms with Gasteiger partial charge >= 0.3 is 0 Å². The number of carbonyl (C=O) groups is 1. The average Bonchev–Trinajstić information content (AvgIpc) is 2.64. The fourth-order valence-corrected chi connectivity index (χ4v) is 3.46. The lowest BCUT2D eigenvalue weighted by atomic mass is 9.97. The minimum absolute atomic E-state index is 0.151. The van der Waals surface area contributed by atoms with Gasteiger partial charge in [-0.05, 0) is 31.4 Å². The maximum atomic E-state index is 12.6. The molecule has 0 spiro atoms. The molecule has 0 unspecified atom stereocenters. The summed E-state index contributed by atoms with van der Waals surface area (Å²) >= 11 is 0. The van der Waals surface area contributed by atoms with E-state index in [0.29, 0.717) is 19.1 Å². The Morgan fingerprint density at radius 3 is 2.54 bits per heavy atom. The van der Waals surface area contributed by atoms with E-state index in [1.165, 1.54) is 0 Å². The van der Waals surface area contributed by atoms with Gasteiger partial charge in [0.25, 0.3) is 0 Å². The normalized spacial score (nSPS) is 20.0. The molecular weight excluding hydrogens is 306 g/mol. The molecular formula is C19H27NO4. The first kappa shape index (κ1) is 17.1. The number of hydrogen-bond donors (Lipinski definition) is 0. The molecule has 0 aromatic heterocycles. The second-order valence-corrected chi connectivity index (χ2v) is 6.66. The van der Waals surface area contributed by atoms with E-state index in [1.807, 2.05) is 30.0 Å². The van der Waals surface area contributed by atoms with Crippen LogP contribution >= 0.6 is 0 Å². The van der Waals surface area contributed by atoms with Gasteiger partial charge in [-0.25, -0.2) is 0 Å². The minimum atomic E-state index is 0.151. The van der Waals surface area contributed by atoms with Crippen molar-refractivity contribution in [1.29, 1.82) is 0 Å². The van der Waals surface area contributed by atoms with Gasteiger partial charge in [-0.3, -0.25) is 4.79 Å². The van der Waals surface area contributed by atoms with E-state index in [-0.39, 0.29) is 12.0 Å². The molecule has 132 valence electrons. The highest BCUT2D eigenvalue weighted by Gasteiger charge is 2.30. The molecule has 1 amide bonds. The van der Waals surface area contributed by atoms with Gasteiger partial charge in [0, 0.05) is 51.1 Å². The van der Waals surface area contributed by atoms with Crippen molar-refractivity contribution in [1.82, 2.24) is 4.90 Å². The summed E-state index contributed by atoms with van der Waals surface area (Å²) in [6.45, 7) is 5.01. The molecule has 2 heterocycles. The van der Waals surface area contributed by atoms with Gasteiger partial charge in [-0.1, -0.05) is 6.07 Å². The van der Waals surface area contributed by atoms with Crippen LogP contribution in [0.5, 0.6) is 11.5 Å². The molecule has 2 saturated heterocycles. The van der Waals surface area contributed by atoms with Crippen molar-refractivity contribution < 1.29 is 19.0 Å². The predicted molar refractivity (Wildman–Crippen MR) is 91.5 cm³/mol. The number of nitrogens with zero attached hydrogens (tertiary/aromatic N) is 1. The highest BCUT2D eigenvalue weighted by Crippen LogP contribution is 2.27. The molecule has 2 aliphatic heterocycles. The molecule has 5 heteroatoms. The molecule has 0 aliphatic carbocycles. The van der Waals surface area contributed by atoms with Crippen molar-refractivity contribution in [3.63, 3.8) is 0 Å². The number of amides is 1. The summed E-state index contributed by atoms with van der Waals surface area (Å²) in [5, 5.41) is 0. The van der Waals surface area contributed by atoms with E-state index in [9.17, 15) is 4.79 Å². The van der Waals surface area contributed by atoms with Gasteiger partial charge in [-0.2, -0.15) is 0 Å². The first-order valence-electron chi connectivity index (χ1n) is 8.85. The quantitative estimate of drug-likeness (QED) is 0.850. The molecule has 2 aliphatic rings. The first-order chi connectivity index (χ1) is 11.7. The fraction of sp³-hybridized carbons (Fsp3) is 0.632. The Morgan fingerprint density at radius 2 is 1.88 bits per heavy atom. The van der Waals surface area contributed by atoms with Gasteiger partial charge in [0.05, 0.1) is 7.11 Å². The molecule has 0 N–H and O–H groups in total. The fourth-order valence-electron chi connectivity index (χ4n) is 3.46. The second kappa shape index (κ2) is 7.88. The molecule has 0 radical (unpaired) electrons. The monoisotopic (exact) mass is 333 g/mol. The van der Waals surface area contributed by atoms with Crippen molar-refractivity contribution in [2.24, 2.45) is 5.92 Å². The highest BCUT2D eigenvalue weighted by atomic mass is 16.5. The van der Waals surface area contributed by atoms with Crippen LogP contribution in [0.3, 0.4) is 0 Å². The lowest BCUT2D eigenvalue weighted by molar-refractivity contribution is -0.140. The van der Waals surface area contributed by atoms with Crippen LogP contribution in [-0.4, -0.2) is 50.3 Å². The first-order valence-corrected chi connectivity index (χ1v) is 8.85. The third-order valence-corrected chi connectivity index (χ3v) is 5.01. The standard InChI is InChI=1S/C19H27NO4/c1-14-3-4-17(13-18(14)22-2)24-16-5-9-20(10-6-16)19(21)15-7-11-23-12-8-15/h3-4,13,15-16H,5-12H2,1-2H3. The molecule has 1 aromatic carbocycles. The molecule has 3 rings (SSSR count). The second-order valence-electron chi connectivity index (χ2n) is 6.66. The largest absolute Gasteiger partial charge is 0.496 e. The van der Waals surface area contributed by atoms with Crippen LogP contribution < -0.4 is 9.47 Å². The van der Waals surface area contributed by atoms with Crippen molar-refractivity contribution in [3.05, 3.63) is 23.8 Å². The van der Waals surface area contributed by atoms with Crippen LogP contribution in [0.25, 0.3) is 0 Å². The average molecular weight is 333 g/mol. The van der Waals surface area contributed by atoms with Crippen molar-refractivity contribution in [3.8, 4) is 11.5 Å². The number of carbonyl (C=O) groups excluding carboxylic acids is 1. The van der Waals surface area contributed by atoms with E-state index in [0.717, 1.165) is 55.8 Å². The molecule has 0 bridgehead atoms. The third-order valence-electron chi connectivity index (χ3n) is 5.01. The van der Waals surface area contributed by atoms with E-state index in [2.05, 4.69) is 0 Å². The van der Waals surface area contributed by atoms with Gasteiger partial charge in [0.1, 0.15) is 17.6 Å². The van der Waals surface area contributed by atoms with Gasteiger partial charge in [-0.15, -0.1) is 0 Å². The van der Waals surface area contributed by atoms with Gasteiger partial charge < -0.3 is 19.1 Å². The molecule has 0 saturated carbocycles. The Hall–Kier alpha value is -1.75. The molecule has 5 nitrogen and oxygen atoms in total. The number of piperidine rings is 1. The van der Waals surface area contributed by atoms with Crippen molar-refractivity contribution >= 4 is 5.91 Å². The molecule has 24 heavy (non-hydrogen) atoms. The summed E-state index contributed by atoms with van der Waals surface area (Å²) in [5.74, 6) is 2.14. The number of methoxy groups -OCH3 is 1. The summed E-state index contributed by atoms with van der Waals surface area (Å²) in [5.41, 5.74) is 1.10. The van der Waals surface area contributed by atoms with Crippen LogP contribution in [0.4, 0.5) is 0 Å². The SMILES string of the molecule is COc1cc(OC2CCN(C(=O)C3CCOCC3)CC2)ccc1C. The molecule has 1 aromatic rings. The van der Waals surface area contributed by atoms with Crippen LogP contribution in [-0.2, 0) is 9.53 Å². The van der Waals surface area contributed by atoms with Gasteiger partial charge in [0.15, 0.2) is 0 Å². The Kier molecular flexibility index (Phi) is 5.61. The lowest BCUT2D eigenvalue weighted by Crippen LogP contribution is -2.45. The summed E-state index contributed by atoms with van der Waals surface area (Å²) in [7, 11) is 1.67. The topological polar surface area (TPSA) is 48.0 Å². The number of hydrogen-bond acceptors (Lipinski definition) is 4. The Bertz CT molecular complexity index is 560. The van der Waals surface area contributed by atoms with E-state index < -0.39 is 0 Å². The van der Waals surface area contributed by atoms with Gasteiger partial charge in [0.2, 0.25) is 5.91 Å². The summed E-state index contributed by atoms with van der Waals surface area (Å²) in [4.78, 5) is 14.6. The number of rotatable bonds is 4. The Morgan fingerprint density at radius 1 is 1.17 bits per heavy atom. The predicted octanol–water partition coefficient (Wildman–Crippen LogP) is 2.80. The molecule has 0 atom stereocenters. The van der Waals surface area contributed by atoms with Crippen molar-refractivity contribution in [2.75, 3.05) is 33.4 Å². The Balaban J connectivity index is 1.50.